The molecule has 1 aromatic rings. The van der Waals surface area contributed by atoms with E-state index in [1.54, 1.807) is 24.1 Å². The van der Waals surface area contributed by atoms with Gasteiger partial charge in [-0.1, -0.05) is 0 Å². The number of halogens is 1. The first-order chi connectivity index (χ1) is 8.89. The van der Waals surface area contributed by atoms with Crippen LogP contribution in [0.3, 0.4) is 0 Å². The molecule has 0 atom stereocenters. The third kappa shape index (κ3) is 4.36. The van der Waals surface area contributed by atoms with E-state index in [9.17, 15) is 8.42 Å². The summed E-state index contributed by atoms with van der Waals surface area (Å²) in [6, 6.07) is 0. The average molecular weight is 309 g/mol. The van der Waals surface area contributed by atoms with Crippen LogP contribution in [0.5, 0.6) is 5.75 Å². The normalized spacial score (nSPS) is 19.3. The summed E-state index contributed by atoms with van der Waals surface area (Å²) in [5, 5.41) is 4.00. The molecule has 8 heteroatoms. The Labute approximate surface area is 117 Å². The molecule has 19 heavy (non-hydrogen) atoms. The molecule has 0 radical (unpaired) electrons. The molecule has 108 valence electrons. The maximum Gasteiger partial charge on any atom is 0.233 e. The van der Waals surface area contributed by atoms with Gasteiger partial charge in [-0.2, -0.15) is 5.10 Å². The lowest BCUT2D eigenvalue weighted by Gasteiger charge is -2.35. The van der Waals surface area contributed by atoms with Crippen LogP contribution < -0.4 is 4.74 Å². The molecule has 2 rings (SSSR count). The molecule has 0 spiro atoms. The van der Waals surface area contributed by atoms with Crippen molar-refractivity contribution in [2.24, 2.45) is 12.5 Å². The lowest BCUT2D eigenvalue weighted by Crippen LogP contribution is -2.40. The average Bonchev–Trinajstić information content (AvgIpc) is 2.72. The van der Waals surface area contributed by atoms with Gasteiger partial charge < -0.3 is 9.47 Å². The number of ether oxygens (including phenoxy) is 2. The van der Waals surface area contributed by atoms with Gasteiger partial charge in [0.25, 0.3) is 0 Å². The van der Waals surface area contributed by atoms with Crippen LogP contribution in [-0.2, 0) is 20.8 Å². The Balaban J connectivity index is 2.05. The molecule has 0 aromatic carbocycles. The highest BCUT2D eigenvalue weighted by molar-refractivity contribution is 8.13. The van der Waals surface area contributed by atoms with E-state index in [0.29, 0.717) is 38.4 Å². The fraction of sp³-hybridized carbons (Fsp3) is 0.727. The summed E-state index contributed by atoms with van der Waals surface area (Å²) < 4.78 is 35.3. The van der Waals surface area contributed by atoms with Crippen molar-refractivity contribution < 1.29 is 17.9 Å². The molecule has 1 fully saturated rings. The molecule has 0 amide bonds. The number of nitrogens with zero attached hydrogens (tertiary/aromatic N) is 2. The van der Waals surface area contributed by atoms with E-state index in [1.807, 2.05) is 0 Å². The van der Waals surface area contributed by atoms with Crippen molar-refractivity contribution in [1.82, 2.24) is 9.78 Å². The molecule has 0 aliphatic carbocycles. The monoisotopic (exact) mass is 308 g/mol. The standard InChI is InChI=1S/C11H17ClN2O4S/c1-14-7-10(6-13-14)18-8-11(9-19(12,15)16)2-4-17-5-3-11/h6-7H,2-5,8-9H2,1H3. The van der Waals surface area contributed by atoms with Gasteiger partial charge in [-0.3, -0.25) is 4.68 Å². The number of hydrogen-bond acceptors (Lipinski definition) is 5. The number of aromatic nitrogens is 2. The van der Waals surface area contributed by atoms with Gasteiger partial charge in [0.15, 0.2) is 5.75 Å². The molecule has 0 bridgehead atoms. The Morgan fingerprint density at radius 2 is 2.21 bits per heavy atom. The molecule has 1 aliphatic rings. The van der Waals surface area contributed by atoms with Crippen LogP contribution >= 0.6 is 10.7 Å². The second-order valence-electron chi connectivity index (χ2n) is 4.93. The van der Waals surface area contributed by atoms with Crippen LogP contribution in [0.2, 0.25) is 0 Å². The van der Waals surface area contributed by atoms with E-state index in [1.165, 1.54) is 0 Å². The van der Waals surface area contributed by atoms with E-state index in [4.69, 9.17) is 20.2 Å². The Morgan fingerprint density at radius 3 is 2.74 bits per heavy atom. The largest absolute Gasteiger partial charge is 0.490 e. The Morgan fingerprint density at radius 1 is 1.53 bits per heavy atom. The van der Waals surface area contributed by atoms with Gasteiger partial charge in [-0.25, -0.2) is 8.42 Å². The molecule has 0 N–H and O–H groups in total. The van der Waals surface area contributed by atoms with Crippen molar-refractivity contribution in [3.63, 3.8) is 0 Å². The zero-order chi connectivity index (χ0) is 13.9. The predicted octanol–water partition coefficient (Wildman–Crippen LogP) is 1.16. The minimum Gasteiger partial charge on any atom is -0.490 e. The zero-order valence-electron chi connectivity index (χ0n) is 10.7. The smallest absolute Gasteiger partial charge is 0.233 e. The Bertz CT molecular complexity index is 523. The van der Waals surface area contributed by atoms with Crippen molar-refractivity contribution in [3.05, 3.63) is 12.4 Å². The number of rotatable bonds is 5. The van der Waals surface area contributed by atoms with Gasteiger partial charge in [0.1, 0.15) is 0 Å². The van der Waals surface area contributed by atoms with Crippen molar-refractivity contribution in [3.8, 4) is 5.75 Å². The van der Waals surface area contributed by atoms with Gasteiger partial charge in [0, 0.05) is 36.4 Å². The quantitative estimate of drug-likeness (QED) is 0.764. The third-order valence-electron chi connectivity index (χ3n) is 3.26. The molecule has 1 aromatic heterocycles. The van der Waals surface area contributed by atoms with Crippen LogP contribution in [0, 0.1) is 5.41 Å². The predicted molar refractivity (Wildman–Crippen MR) is 70.8 cm³/mol. The Kier molecular flexibility index (Phi) is 4.37. The lowest BCUT2D eigenvalue weighted by atomic mass is 9.83. The molecule has 1 saturated heterocycles. The summed E-state index contributed by atoms with van der Waals surface area (Å²) in [5.74, 6) is 0.533. The number of hydrogen-bond donors (Lipinski definition) is 0. The molecule has 2 heterocycles. The summed E-state index contributed by atoms with van der Waals surface area (Å²) in [6.45, 7) is 1.36. The van der Waals surface area contributed by atoms with Crippen molar-refractivity contribution in [2.45, 2.75) is 12.8 Å². The molecular formula is C11H17ClN2O4S. The van der Waals surface area contributed by atoms with Crippen LogP contribution in [0.25, 0.3) is 0 Å². The third-order valence-corrected chi connectivity index (χ3v) is 4.54. The second kappa shape index (κ2) is 5.68. The van der Waals surface area contributed by atoms with Crippen molar-refractivity contribution in [2.75, 3.05) is 25.6 Å². The maximum atomic E-state index is 11.4. The minimum atomic E-state index is -3.57. The fourth-order valence-corrected chi connectivity index (χ4v) is 4.01. The topological polar surface area (TPSA) is 70.4 Å². The zero-order valence-corrected chi connectivity index (χ0v) is 12.3. The van der Waals surface area contributed by atoms with E-state index in [-0.39, 0.29) is 5.75 Å². The first kappa shape index (κ1) is 14.6. The molecule has 0 unspecified atom stereocenters. The van der Waals surface area contributed by atoms with Gasteiger partial charge in [0.05, 0.1) is 24.8 Å². The van der Waals surface area contributed by atoms with E-state index in [0.717, 1.165) is 0 Å². The van der Waals surface area contributed by atoms with E-state index < -0.39 is 14.5 Å². The fourth-order valence-electron chi connectivity index (χ4n) is 2.21. The maximum absolute atomic E-state index is 11.4. The number of aryl methyl sites for hydroxylation is 1. The van der Waals surface area contributed by atoms with Gasteiger partial charge in [-0.15, -0.1) is 0 Å². The SMILES string of the molecule is Cn1cc(OCC2(CS(=O)(=O)Cl)CCOCC2)cn1. The van der Waals surface area contributed by atoms with E-state index >= 15 is 0 Å². The van der Waals surface area contributed by atoms with Crippen LogP contribution in [0.15, 0.2) is 12.4 Å². The van der Waals surface area contributed by atoms with Crippen molar-refractivity contribution >= 4 is 19.7 Å². The summed E-state index contributed by atoms with van der Waals surface area (Å²) in [7, 11) is 3.63. The highest BCUT2D eigenvalue weighted by Gasteiger charge is 2.37. The van der Waals surface area contributed by atoms with Crippen LogP contribution in [0.4, 0.5) is 0 Å². The summed E-state index contributed by atoms with van der Waals surface area (Å²) in [6.07, 6.45) is 4.59. The minimum absolute atomic E-state index is 0.0921. The first-order valence-corrected chi connectivity index (χ1v) is 8.48. The van der Waals surface area contributed by atoms with Gasteiger partial charge in [0.2, 0.25) is 9.05 Å². The van der Waals surface area contributed by atoms with Crippen LogP contribution in [0.1, 0.15) is 12.8 Å². The Hall–Kier alpha value is -0.790. The first-order valence-electron chi connectivity index (χ1n) is 6.00. The molecule has 6 nitrogen and oxygen atoms in total. The molecule has 1 aliphatic heterocycles. The summed E-state index contributed by atoms with van der Waals surface area (Å²) in [4.78, 5) is 0. The van der Waals surface area contributed by atoms with Crippen LogP contribution in [-0.4, -0.2) is 43.8 Å². The lowest BCUT2D eigenvalue weighted by molar-refractivity contribution is 0.00227. The highest BCUT2D eigenvalue weighted by atomic mass is 35.7. The summed E-state index contributed by atoms with van der Waals surface area (Å²) >= 11 is 0. The van der Waals surface area contributed by atoms with Gasteiger partial charge in [-0.05, 0) is 12.8 Å². The molecule has 0 saturated carbocycles. The van der Waals surface area contributed by atoms with Gasteiger partial charge >= 0.3 is 0 Å². The van der Waals surface area contributed by atoms with Crippen molar-refractivity contribution in [1.29, 1.82) is 0 Å². The summed E-state index contributed by atoms with van der Waals surface area (Å²) in [5.41, 5.74) is -0.478. The van der Waals surface area contributed by atoms with E-state index in [2.05, 4.69) is 5.10 Å². The second-order valence-corrected chi connectivity index (χ2v) is 7.71. The highest BCUT2D eigenvalue weighted by Crippen LogP contribution is 2.34. The molecular weight excluding hydrogens is 292 g/mol.